The topological polar surface area (TPSA) is 58.4 Å². The molecule has 1 aliphatic carbocycles. The molecule has 0 atom stereocenters. The van der Waals surface area contributed by atoms with Gasteiger partial charge in [-0.15, -0.1) is 0 Å². The minimum Gasteiger partial charge on any atom is -0.399 e. The predicted octanol–water partition coefficient (Wildman–Crippen LogP) is 2.19. The van der Waals surface area contributed by atoms with E-state index in [1.165, 1.54) is 25.7 Å². The van der Waals surface area contributed by atoms with Crippen LogP contribution in [0.3, 0.4) is 0 Å². The van der Waals surface area contributed by atoms with Crippen molar-refractivity contribution in [3.05, 3.63) is 29.8 Å². The monoisotopic (exact) mass is 289 g/mol. The Morgan fingerprint density at radius 3 is 2.57 bits per heavy atom. The first-order valence-corrected chi connectivity index (χ1v) is 7.81. The van der Waals surface area contributed by atoms with Gasteiger partial charge in [0.05, 0.1) is 0 Å². The molecule has 1 aromatic rings. The molecule has 0 bridgehead atoms. The third-order valence-electron chi connectivity index (χ3n) is 4.77. The standard InChI is InChI=1S/C17H27N3O/c1-20(2)17(11-5-6-12-17)13-19-16(21)10-9-14-7-3-4-8-15(14)18/h3-4,7-8H,5-6,9-13,18H2,1-2H3,(H,19,21). The number of carbonyl (C=O) groups is 1. The number of nitrogens with one attached hydrogen (secondary N) is 1. The van der Waals surface area contributed by atoms with Crippen molar-refractivity contribution in [2.45, 2.75) is 44.1 Å². The zero-order chi connectivity index (χ0) is 15.3. The number of rotatable bonds is 6. The summed E-state index contributed by atoms with van der Waals surface area (Å²) in [4.78, 5) is 14.4. The first-order chi connectivity index (χ1) is 10.0. The maximum absolute atomic E-state index is 12.1. The van der Waals surface area contributed by atoms with Crippen LogP contribution in [0.5, 0.6) is 0 Å². The molecular weight excluding hydrogens is 262 g/mol. The zero-order valence-electron chi connectivity index (χ0n) is 13.2. The lowest BCUT2D eigenvalue weighted by atomic mass is 9.96. The van der Waals surface area contributed by atoms with E-state index in [1.807, 2.05) is 24.3 Å². The number of nitrogens with zero attached hydrogens (tertiary/aromatic N) is 1. The van der Waals surface area contributed by atoms with Crippen molar-refractivity contribution in [3.63, 3.8) is 0 Å². The molecule has 1 saturated carbocycles. The van der Waals surface area contributed by atoms with E-state index in [0.717, 1.165) is 17.8 Å². The summed E-state index contributed by atoms with van der Waals surface area (Å²) in [7, 11) is 4.23. The van der Waals surface area contributed by atoms with E-state index >= 15 is 0 Å². The predicted molar refractivity (Wildman–Crippen MR) is 87.1 cm³/mol. The lowest BCUT2D eigenvalue weighted by molar-refractivity contribution is -0.121. The first kappa shape index (κ1) is 15.8. The van der Waals surface area contributed by atoms with Crippen molar-refractivity contribution in [2.24, 2.45) is 0 Å². The highest BCUT2D eigenvalue weighted by molar-refractivity contribution is 5.76. The number of aryl methyl sites for hydroxylation is 1. The largest absolute Gasteiger partial charge is 0.399 e. The summed E-state index contributed by atoms with van der Waals surface area (Å²) in [5, 5.41) is 3.12. The Labute approximate surface area is 127 Å². The molecule has 1 amide bonds. The number of likely N-dealkylation sites (N-methyl/N-ethyl adjacent to an activating group) is 1. The number of amides is 1. The maximum atomic E-state index is 12.1. The van der Waals surface area contributed by atoms with Crippen LogP contribution in [0, 0.1) is 0 Å². The Balaban J connectivity index is 1.81. The second kappa shape index (κ2) is 6.94. The van der Waals surface area contributed by atoms with Crippen molar-refractivity contribution < 1.29 is 4.79 Å². The van der Waals surface area contributed by atoms with Crippen LogP contribution in [0.15, 0.2) is 24.3 Å². The highest BCUT2D eigenvalue weighted by atomic mass is 16.1. The van der Waals surface area contributed by atoms with Crippen molar-refractivity contribution >= 4 is 11.6 Å². The smallest absolute Gasteiger partial charge is 0.220 e. The number of hydrogen-bond donors (Lipinski definition) is 2. The molecule has 0 radical (unpaired) electrons. The summed E-state index contributed by atoms with van der Waals surface area (Å²) >= 11 is 0. The molecule has 0 heterocycles. The molecule has 0 aromatic heterocycles. The van der Waals surface area contributed by atoms with Crippen molar-refractivity contribution in [1.82, 2.24) is 10.2 Å². The van der Waals surface area contributed by atoms with Crippen LogP contribution in [0.4, 0.5) is 5.69 Å². The molecule has 1 aliphatic rings. The summed E-state index contributed by atoms with van der Waals surface area (Å²) in [6, 6.07) is 7.75. The number of nitrogen functional groups attached to an aromatic ring is 1. The van der Waals surface area contributed by atoms with Gasteiger partial charge >= 0.3 is 0 Å². The Morgan fingerprint density at radius 1 is 1.29 bits per heavy atom. The first-order valence-electron chi connectivity index (χ1n) is 7.81. The number of anilines is 1. The van der Waals surface area contributed by atoms with E-state index < -0.39 is 0 Å². The number of benzene rings is 1. The zero-order valence-corrected chi connectivity index (χ0v) is 13.2. The van der Waals surface area contributed by atoms with Gasteiger partial charge in [-0.3, -0.25) is 4.79 Å². The molecule has 0 aliphatic heterocycles. The fraction of sp³-hybridized carbons (Fsp3) is 0.588. The van der Waals surface area contributed by atoms with Crippen LogP contribution in [0.2, 0.25) is 0 Å². The van der Waals surface area contributed by atoms with Crippen LogP contribution >= 0.6 is 0 Å². The number of carbonyl (C=O) groups excluding carboxylic acids is 1. The second-order valence-corrected chi connectivity index (χ2v) is 6.30. The SMILES string of the molecule is CN(C)C1(CNC(=O)CCc2ccccc2N)CCCC1. The molecule has 0 saturated heterocycles. The minimum absolute atomic E-state index is 0.117. The summed E-state index contributed by atoms with van der Waals surface area (Å²) in [5.74, 6) is 0.117. The molecule has 1 fully saturated rings. The lowest BCUT2D eigenvalue weighted by Crippen LogP contribution is -2.50. The molecular formula is C17H27N3O. The van der Waals surface area contributed by atoms with Gasteiger partial charge in [-0.25, -0.2) is 0 Å². The molecule has 21 heavy (non-hydrogen) atoms. The Hall–Kier alpha value is -1.55. The van der Waals surface area contributed by atoms with E-state index in [1.54, 1.807) is 0 Å². The second-order valence-electron chi connectivity index (χ2n) is 6.30. The van der Waals surface area contributed by atoms with E-state index in [-0.39, 0.29) is 11.4 Å². The van der Waals surface area contributed by atoms with Crippen LogP contribution in [-0.4, -0.2) is 37.0 Å². The number of hydrogen-bond acceptors (Lipinski definition) is 3. The van der Waals surface area contributed by atoms with E-state index in [2.05, 4.69) is 24.3 Å². The van der Waals surface area contributed by atoms with Gasteiger partial charge < -0.3 is 16.0 Å². The molecule has 4 heteroatoms. The molecule has 1 aromatic carbocycles. The molecule has 116 valence electrons. The van der Waals surface area contributed by atoms with E-state index in [0.29, 0.717) is 12.8 Å². The minimum atomic E-state index is 0.117. The van der Waals surface area contributed by atoms with Crippen LogP contribution < -0.4 is 11.1 Å². The summed E-state index contributed by atoms with van der Waals surface area (Å²) < 4.78 is 0. The van der Waals surface area contributed by atoms with Gasteiger partial charge in [0, 0.05) is 24.2 Å². The maximum Gasteiger partial charge on any atom is 0.220 e. The fourth-order valence-electron chi connectivity index (χ4n) is 3.18. The highest BCUT2D eigenvalue weighted by Crippen LogP contribution is 2.33. The van der Waals surface area contributed by atoms with Crippen LogP contribution in [0.1, 0.15) is 37.7 Å². The van der Waals surface area contributed by atoms with Gasteiger partial charge in [0.15, 0.2) is 0 Å². The van der Waals surface area contributed by atoms with Crippen molar-refractivity contribution in [3.8, 4) is 0 Å². The Morgan fingerprint density at radius 2 is 1.95 bits per heavy atom. The average Bonchev–Trinajstić information content (AvgIpc) is 2.94. The van der Waals surface area contributed by atoms with Crippen LogP contribution in [0.25, 0.3) is 0 Å². The summed E-state index contributed by atoms with van der Waals surface area (Å²) in [6.45, 7) is 0.753. The highest BCUT2D eigenvalue weighted by Gasteiger charge is 2.35. The lowest BCUT2D eigenvalue weighted by Gasteiger charge is -2.36. The molecule has 0 unspecified atom stereocenters. The molecule has 3 N–H and O–H groups in total. The van der Waals surface area contributed by atoms with Gasteiger partial charge in [-0.05, 0) is 45.0 Å². The average molecular weight is 289 g/mol. The number of para-hydroxylation sites is 1. The Kier molecular flexibility index (Phi) is 5.23. The Bertz CT molecular complexity index is 479. The molecule has 2 rings (SSSR count). The van der Waals surface area contributed by atoms with Crippen molar-refractivity contribution in [2.75, 3.05) is 26.4 Å². The molecule has 0 spiro atoms. The molecule has 4 nitrogen and oxygen atoms in total. The number of nitrogens with two attached hydrogens (primary N) is 1. The van der Waals surface area contributed by atoms with E-state index in [4.69, 9.17) is 5.73 Å². The summed E-state index contributed by atoms with van der Waals surface area (Å²) in [5.41, 5.74) is 7.88. The quantitative estimate of drug-likeness (QED) is 0.789. The van der Waals surface area contributed by atoms with Gasteiger partial charge in [-0.2, -0.15) is 0 Å². The van der Waals surface area contributed by atoms with Crippen molar-refractivity contribution in [1.29, 1.82) is 0 Å². The van der Waals surface area contributed by atoms with E-state index in [9.17, 15) is 4.79 Å². The summed E-state index contributed by atoms with van der Waals surface area (Å²) in [6.07, 6.45) is 6.06. The fourth-order valence-corrected chi connectivity index (χ4v) is 3.18. The normalized spacial score (nSPS) is 17.1. The van der Waals surface area contributed by atoms with Gasteiger partial charge in [-0.1, -0.05) is 31.0 Å². The van der Waals surface area contributed by atoms with Gasteiger partial charge in [0.2, 0.25) is 5.91 Å². The van der Waals surface area contributed by atoms with Crippen LogP contribution in [-0.2, 0) is 11.2 Å². The third kappa shape index (κ3) is 3.97. The third-order valence-corrected chi connectivity index (χ3v) is 4.77. The van der Waals surface area contributed by atoms with Gasteiger partial charge in [0.25, 0.3) is 0 Å². The van der Waals surface area contributed by atoms with Gasteiger partial charge in [0.1, 0.15) is 0 Å².